The molecule has 1 radical (unpaired) electrons. The molecule has 2 heterocycles. The average molecular weight is 1000 g/mol. The van der Waals surface area contributed by atoms with Crippen molar-refractivity contribution < 1.29 is 61.4 Å². The Kier molecular flexibility index (Phi) is 14.0. The molecule has 0 saturated carbocycles. The summed E-state index contributed by atoms with van der Waals surface area (Å²) < 4.78 is 133. The van der Waals surface area contributed by atoms with E-state index < -0.39 is 79.7 Å². The van der Waals surface area contributed by atoms with Crippen LogP contribution in [0, 0.1) is 0 Å². The van der Waals surface area contributed by atoms with E-state index in [0.717, 1.165) is 18.2 Å². The van der Waals surface area contributed by atoms with Crippen LogP contribution < -0.4 is 25.8 Å². The molecule has 0 atom stereocenters. The molecule has 26 nitrogen and oxygen atoms in total. The molecular formula is C31H26BCl2N12O14S4. The summed E-state index contributed by atoms with van der Waals surface area (Å²) in [6.45, 7) is -0.796. The fourth-order valence-electron chi connectivity index (χ4n) is 5.21. The zero-order valence-electron chi connectivity index (χ0n) is 31.7. The minimum Gasteiger partial charge on any atom is -0.505 e. The van der Waals surface area contributed by atoms with Gasteiger partial charge in [-0.25, -0.2) is 12.6 Å². The molecule has 0 unspecified atom stereocenters. The first-order valence-electron chi connectivity index (χ1n) is 17.0. The summed E-state index contributed by atoms with van der Waals surface area (Å²) in [5.41, 5.74) is -0.664. The van der Waals surface area contributed by atoms with Crippen molar-refractivity contribution in [2.75, 3.05) is 40.6 Å². The quantitative estimate of drug-likeness (QED) is 0.0338. The summed E-state index contributed by atoms with van der Waals surface area (Å²) in [5, 5.41) is 29.1. The molecule has 0 saturated heterocycles. The number of benzene rings is 4. The number of rotatable bonds is 18. The van der Waals surface area contributed by atoms with Gasteiger partial charge in [0.2, 0.25) is 34.4 Å². The number of sulfone groups is 1. The van der Waals surface area contributed by atoms with Gasteiger partial charge in [-0.3, -0.25) is 13.7 Å². The fraction of sp³-hybridized carbons (Fsp3) is 0.0968. The molecule has 0 amide bonds. The number of nitrogens with one attached hydrogen (secondary N) is 4. The molecule has 0 spiro atoms. The maximum atomic E-state index is 12.5. The molecule has 335 valence electrons. The van der Waals surface area contributed by atoms with Gasteiger partial charge in [0, 0.05) is 22.8 Å². The normalized spacial score (nSPS) is 12.3. The van der Waals surface area contributed by atoms with Crippen LogP contribution in [-0.2, 0) is 44.7 Å². The standard InChI is InChI=1S/C31H26BCl2N12O14S4/c1-59-18-5-9-21(22(14-18)62(50,51)52)45-46-24-23(63(53,54)55)13-15-12-17(4-8-20(15)25(24)47)36-29-38-27(34)40-31(42-29)44-32-43-30-39-26(33)37-28(41-30)35-16-2-6-19(7-3-16)61(48,49)11-10-60-64(56,57)58/h2-9,12-14,47H,10-11H2,1H3,(H,50,51,52)(H,53,54,55)(H,56,57,58)(H2,35,37,39,41,43)(H2,36,38,40,42,44). The minimum atomic E-state index is -5.10. The van der Waals surface area contributed by atoms with Gasteiger partial charge in [0.15, 0.2) is 15.6 Å². The van der Waals surface area contributed by atoms with Crippen LogP contribution in [-0.4, -0.2) is 109 Å². The first kappa shape index (κ1) is 47.3. The highest BCUT2D eigenvalue weighted by molar-refractivity contribution is 7.91. The number of methoxy groups -OCH3 is 1. The smallest absolute Gasteiger partial charge is 0.397 e. The molecule has 0 aliphatic heterocycles. The van der Waals surface area contributed by atoms with Crippen LogP contribution in [0.25, 0.3) is 10.8 Å². The number of anilines is 6. The number of fused-ring (bicyclic) bond motifs is 1. The maximum Gasteiger partial charge on any atom is 0.397 e. The topological polar surface area (TPSA) is 386 Å². The lowest BCUT2D eigenvalue weighted by molar-refractivity contribution is 0.284. The van der Waals surface area contributed by atoms with Gasteiger partial charge < -0.3 is 30.9 Å². The Balaban J connectivity index is 1.14. The zero-order valence-corrected chi connectivity index (χ0v) is 36.5. The van der Waals surface area contributed by atoms with Gasteiger partial charge in [0.1, 0.15) is 26.9 Å². The third kappa shape index (κ3) is 12.3. The SMILES string of the molecule is COc1ccc(N=Nc2c(S(=O)(=O)O)cc3cc(Nc4nc(Cl)nc(N[B]Nc5nc(Cl)nc(Nc6ccc(S(=O)(=O)CCOS(=O)(=O)O)cc6)n5)n4)ccc3c2O)c(S(=O)(=O)O)c1. The summed E-state index contributed by atoms with van der Waals surface area (Å²) in [5.74, 6) is -1.87. The van der Waals surface area contributed by atoms with Gasteiger partial charge in [-0.05, 0) is 89.3 Å². The number of halogens is 2. The van der Waals surface area contributed by atoms with Gasteiger partial charge in [0.05, 0.1) is 24.4 Å². The lowest BCUT2D eigenvalue weighted by atomic mass is 10.1. The van der Waals surface area contributed by atoms with Crippen LogP contribution in [0.3, 0.4) is 0 Å². The molecule has 4 aromatic carbocycles. The van der Waals surface area contributed by atoms with Gasteiger partial charge in [-0.1, -0.05) is 0 Å². The van der Waals surface area contributed by atoms with E-state index in [2.05, 4.69) is 65.4 Å². The van der Waals surface area contributed by atoms with Crippen molar-refractivity contribution in [1.82, 2.24) is 29.9 Å². The van der Waals surface area contributed by atoms with E-state index in [9.17, 15) is 47.9 Å². The minimum absolute atomic E-state index is 0.0123. The van der Waals surface area contributed by atoms with Crippen LogP contribution in [0.15, 0.2) is 91.6 Å². The molecule has 33 heteroatoms. The zero-order chi connectivity index (χ0) is 46.6. The Labute approximate surface area is 372 Å². The predicted octanol–water partition coefficient (Wildman–Crippen LogP) is 4.28. The van der Waals surface area contributed by atoms with E-state index >= 15 is 0 Å². The Bertz CT molecular complexity index is 3270. The number of aromatic hydroxyl groups is 1. The highest BCUT2D eigenvalue weighted by Gasteiger charge is 2.24. The number of hydrogen-bond donors (Lipinski definition) is 8. The molecule has 0 fully saturated rings. The Morgan fingerprint density at radius 1 is 0.672 bits per heavy atom. The third-order valence-electron chi connectivity index (χ3n) is 7.96. The van der Waals surface area contributed by atoms with Gasteiger partial charge in [0.25, 0.3) is 20.2 Å². The van der Waals surface area contributed by atoms with E-state index in [1.54, 1.807) is 0 Å². The van der Waals surface area contributed by atoms with E-state index in [0.29, 0.717) is 5.69 Å². The number of hydrogen-bond acceptors (Lipinski definition) is 23. The van der Waals surface area contributed by atoms with Crippen molar-refractivity contribution in [3.63, 3.8) is 0 Å². The summed E-state index contributed by atoms with van der Waals surface area (Å²) in [6, 6.07) is 13.6. The summed E-state index contributed by atoms with van der Waals surface area (Å²) in [4.78, 5) is 22.4. The summed E-state index contributed by atoms with van der Waals surface area (Å²) in [6.07, 6.45) is 0. The second kappa shape index (κ2) is 18.9. The molecule has 6 rings (SSSR count). The monoisotopic (exact) mass is 999 g/mol. The van der Waals surface area contributed by atoms with Gasteiger partial charge >= 0.3 is 17.9 Å². The lowest BCUT2D eigenvalue weighted by Crippen LogP contribution is -2.21. The van der Waals surface area contributed by atoms with Crippen LogP contribution in [0.5, 0.6) is 11.5 Å². The molecule has 6 aromatic rings. The Morgan fingerprint density at radius 2 is 1.23 bits per heavy atom. The number of phenols is 1. The van der Waals surface area contributed by atoms with Crippen molar-refractivity contribution in [1.29, 1.82) is 0 Å². The number of azo groups is 1. The van der Waals surface area contributed by atoms with Crippen molar-refractivity contribution in [3.8, 4) is 11.5 Å². The molecule has 0 aliphatic carbocycles. The first-order valence-corrected chi connectivity index (χ1v) is 23.6. The van der Waals surface area contributed by atoms with Crippen molar-refractivity contribution in [2.24, 2.45) is 10.2 Å². The predicted molar refractivity (Wildman–Crippen MR) is 228 cm³/mol. The molecule has 0 bridgehead atoms. The number of phenolic OH excluding ortho intramolecular Hbond substituents is 1. The van der Waals surface area contributed by atoms with E-state index in [4.69, 9.17) is 32.5 Å². The average Bonchev–Trinajstić information content (AvgIpc) is 3.19. The number of nitrogens with zero attached hydrogens (tertiary/aromatic N) is 8. The second-order valence-electron chi connectivity index (χ2n) is 12.3. The van der Waals surface area contributed by atoms with Crippen LogP contribution in [0.4, 0.5) is 46.5 Å². The molecule has 2 aromatic heterocycles. The van der Waals surface area contributed by atoms with E-state index in [1.807, 2.05) is 0 Å². The number of aromatic nitrogens is 6. The van der Waals surface area contributed by atoms with Gasteiger partial charge in [-0.15, -0.1) is 10.2 Å². The van der Waals surface area contributed by atoms with Crippen molar-refractivity contribution >= 4 is 129 Å². The maximum absolute atomic E-state index is 12.5. The fourth-order valence-corrected chi connectivity index (χ4v) is 8.32. The van der Waals surface area contributed by atoms with E-state index in [1.165, 1.54) is 63.2 Å². The van der Waals surface area contributed by atoms with Crippen molar-refractivity contribution in [2.45, 2.75) is 14.7 Å². The van der Waals surface area contributed by atoms with Gasteiger partial charge in [-0.2, -0.15) is 55.2 Å². The molecule has 8 N–H and O–H groups in total. The highest BCUT2D eigenvalue weighted by Crippen LogP contribution is 2.43. The largest absolute Gasteiger partial charge is 0.505 e. The van der Waals surface area contributed by atoms with Crippen molar-refractivity contribution in [3.05, 3.63) is 77.3 Å². The van der Waals surface area contributed by atoms with Crippen LogP contribution >= 0.6 is 23.2 Å². The molecule has 64 heavy (non-hydrogen) atoms. The number of ether oxygens (including phenoxy) is 1. The Hall–Kier alpha value is -6.16. The first-order chi connectivity index (χ1) is 30.0. The van der Waals surface area contributed by atoms with E-state index in [-0.39, 0.29) is 61.5 Å². The molecule has 0 aliphatic rings. The highest BCUT2D eigenvalue weighted by atomic mass is 35.5. The summed E-state index contributed by atoms with van der Waals surface area (Å²) >= 11 is 12.2. The third-order valence-corrected chi connectivity index (χ3v) is 12.2. The summed E-state index contributed by atoms with van der Waals surface area (Å²) in [7, 11) is -16.3. The molecular weight excluding hydrogens is 974 g/mol. The van der Waals surface area contributed by atoms with Crippen LogP contribution in [0.2, 0.25) is 10.6 Å². The lowest BCUT2D eigenvalue weighted by Gasteiger charge is -2.12. The Morgan fingerprint density at radius 3 is 1.80 bits per heavy atom. The second-order valence-corrected chi connectivity index (χ2v) is 18.9. The van der Waals surface area contributed by atoms with Crippen LogP contribution in [0.1, 0.15) is 0 Å².